The monoisotopic (exact) mass is 586 g/mol. The number of likely N-dealkylation sites (tertiary alicyclic amines) is 1. The Morgan fingerprint density at radius 2 is 1.95 bits per heavy atom. The molecule has 2 saturated carbocycles. The van der Waals surface area contributed by atoms with Crippen LogP contribution in [0.2, 0.25) is 0 Å². The van der Waals surface area contributed by atoms with Crippen LogP contribution >= 0.6 is 0 Å². The summed E-state index contributed by atoms with van der Waals surface area (Å²) in [7, 11) is 0. The number of piperidine rings is 1. The maximum absolute atomic E-state index is 12.7. The lowest BCUT2D eigenvalue weighted by Crippen LogP contribution is -2.54. The molecule has 4 fully saturated rings. The minimum absolute atomic E-state index is 0.143. The Labute approximate surface area is 259 Å². The Hall–Kier alpha value is -1.95. The van der Waals surface area contributed by atoms with E-state index in [0.717, 1.165) is 57.5 Å². The van der Waals surface area contributed by atoms with Gasteiger partial charge in [-0.25, -0.2) is 0 Å². The second kappa shape index (κ2) is 11.4. The normalized spacial score (nSPS) is 42.2. The fourth-order valence-corrected chi connectivity index (χ4v) is 11.1. The van der Waals surface area contributed by atoms with Gasteiger partial charge in [0.1, 0.15) is 0 Å². The van der Waals surface area contributed by atoms with Crippen molar-refractivity contribution in [1.29, 1.82) is 0 Å². The number of amides is 1. The molecule has 6 aliphatic rings. The van der Waals surface area contributed by atoms with Crippen molar-refractivity contribution in [2.24, 2.45) is 35.0 Å². The molecule has 234 valence electrons. The molecular weight excluding hydrogens is 532 g/mol. The number of aliphatic hydroxyl groups is 1. The highest BCUT2D eigenvalue weighted by Gasteiger charge is 2.61. The highest BCUT2D eigenvalue weighted by Crippen LogP contribution is 2.65. The number of hydrogen-bond acceptors (Lipinski definition) is 4. The minimum Gasteiger partial charge on any atom is -0.393 e. The van der Waals surface area contributed by atoms with E-state index >= 15 is 0 Å². The van der Waals surface area contributed by atoms with Crippen molar-refractivity contribution in [2.75, 3.05) is 19.6 Å². The summed E-state index contributed by atoms with van der Waals surface area (Å²) in [6, 6.07) is 10.7. The minimum atomic E-state index is -0.146. The molecule has 5 nitrogen and oxygen atoms in total. The molecular formula is C38H54N2O3. The zero-order valence-electron chi connectivity index (χ0n) is 27.0. The molecule has 1 amide bonds. The van der Waals surface area contributed by atoms with Crippen LogP contribution in [0.3, 0.4) is 0 Å². The average molecular weight is 587 g/mol. The lowest BCUT2D eigenvalue weighted by Gasteiger charge is -2.49. The smallest absolute Gasteiger partial charge is 0.220 e. The van der Waals surface area contributed by atoms with Crippen molar-refractivity contribution >= 4 is 5.91 Å². The molecule has 43 heavy (non-hydrogen) atoms. The van der Waals surface area contributed by atoms with Gasteiger partial charge >= 0.3 is 0 Å². The molecule has 0 unspecified atom stereocenters. The number of nitrogens with one attached hydrogen (secondary N) is 1. The molecule has 0 radical (unpaired) electrons. The number of ether oxygens (including phenoxy) is 1. The number of carbonyl (C=O) groups excluding carboxylic acids is 1. The summed E-state index contributed by atoms with van der Waals surface area (Å²) >= 11 is 0. The third kappa shape index (κ3) is 5.06. The van der Waals surface area contributed by atoms with Gasteiger partial charge in [-0.1, -0.05) is 68.3 Å². The van der Waals surface area contributed by atoms with E-state index in [1.807, 2.05) is 18.2 Å². The van der Waals surface area contributed by atoms with Gasteiger partial charge in [0.15, 0.2) is 0 Å². The van der Waals surface area contributed by atoms with Gasteiger partial charge < -0.3 is 15.2 Å². The molecule has 1 aromatic rings. The number of benzene rings is 1. The quantitative estimate of drug-likeness (QED) is 0.376. The highest BCUT2D eigenvalue weighted by molar-refractivity contribution is 5.76. The summed E-state index contributed by atoms with van der Waals surface area (Å²) in [6.07, 6.45) is 12.9. The predicted octanol–water partition coefficient (Wildman–Crippen LogP) is 6.46. The van der Waals surface area contributed by atoms with Crippen LogP contribution in [0.1, 0.15) is 91.0 Å². The summed E-state index contributed by atoms with van der Waals surface area (Å²) in [4.78, 5) is 15.3. The number of hydrogen-bond donors (Lipinski definition) is 2. The van der Waals surface area contributed by atoms with Crippen LogP contribution in [0.4, 0.5) is 0 Å². The van der Waals surface area contributed by atoms with Gasteiger partial charge in [0.25, 0.3) is 0 Å². The highest BCUT2D eigenvalue weighted by atomic mass is 16.5. The van der Waals surface area contributed by atoms with Crippen LogP contribution in [-0.4, -0.2) is 59.4 Å². The summed E-state index contributed by atoms with van der Waals surface area (Å²) < 4.78 is 7.31. The van der Waals surface area contributed by atoms with Crippen LogP contribution < -0.4 is 5.32 Å². The third-order valence-electron chi connectivity index (χ3n) is 13.3. The molecule has 0 aromatic heterocycles. The first kappa shape index (κ1) is 29.7. The van der Waals surface area contributed by atoms with Crippen molar-refractivity contribution in [1.82, 2.24) is 10.2 Å². The summed E-state index contributed by atoms with van der Waals surface area (Å²) in [6.45, 7) is 12.5. The maximum atomic E-state index is 12.7. The maximum Gasteiger partial charge on any atom is 0.220 e. The van der Waals surface area contributed by atoms with Gasteiger partial charge in [-0.05, 0) is 105 Å². The molecule has 5 heteroatoms. The Bertz CT molecular complexity index is 1270. The number of carbonyl (C=O) groups is 1. The van der Waals surface area contributed by atoms with E-state index < -0.39 is 0 Å². The Morgan fingerprint density at radius 3 is 2.77 bits per heavy atom. The molecule has 10 atom stereocenters. The Kier molecular flexibility index (Phi) is 7.92. The van der Waals surface area contributed by atoms with Crippen LogP contribution in [0, 0.1) is 35.0 Å². The molecule has 2 aliphatic heterocycles. The van der Waals surface area contributed by atoms with Crippen molar-refractivity contribution in [3.8, 4) is 0 Å². The van der Waals surface area contributed by atoms with Crippen molar-refractivity contribution in [3.05, 3.63) is 58.7 Å². The number of fused-ring (bicyclic) bond motifs is 6. The number of rotatable bonds is 6. The number of nitrogens with zero attached hydrogens (tertiary/aromatic N) is 1. The Balaban J connectivity index is 1.04. The third-order valence-corrected chi connectivity index (χ3v) is 13.3. The second-order valence-electron chi connectivity index (χ2n) is 15.5. The van der Waals surface area contributed by atoms with Gasteiger partial charge in [0, 0.05) is 38.0 Å². The van der Waals surface area contributed by atoms with E-state index in [2.05, 4.69) is 56.1 Å². The zero-order chi connectivity index (χ0) is 29.9. The lowest BCUT2D eigenvalue weighted by atomic mass is 9.56. The van der Waals surface area contributed by atoms with E-state index in [4.69, 9.17) is 4.74 Å². The lowest BCUT2D eigenvalue weighted by molar-refractivity contribution is -0.121. The summed E-state index contributed by atoms with van der Waals surface area (Å²) in [5.74, 6) is 3.37. The largest absolute Gasteiger partial charge is 0.393 e. The molecule has 0 bridgehead atoms. The molecule has 1 aromatic carbocycles. The fourth-order valence-electron chi connectivity index (χ4n) is 11.1. The van der Waals surface area contributed by atoms with E-state index in [9.17, 15) is 9.90 Å². The van der Waals surface area contributed by atoms with E-state index in [1.54, 1.807) is 16.7 Å². The van der Waals surface area contributed by atoms with E-state index in [0.29, 0.717) is 42.7 Å². The van der Waals surface area contributed by atoms with Gasteiger partial charge in [0.2, 0.25) is 5.91 Å². The second-order valence-corrected chi connectivity index (χ2v) is 15.5. The standard InChI is InChI=1S/C38H54N2O3/c1-24-20-34-36(40(23-24)19-18-39-35(42)13-10-27-8-6-5-7-9-27)26(3)38(43-34)17-15-30-31-12-11-28-21-29(41)14-16-37(28,4)33(31)22-32(30)25(38)2/h5-9,11,24,26,29-31,33-34,36,41H,10,12-23H2,1-4H3,(H,39,42)/t24-,26+,29-,30-,31-,33-,34+,36-,37-,38-/m0/s1. The molecule has 4 aliphatic carbocycles. The topological polar surface area (TPSA) is 61.8 Å². The van der Waals surface area contributed by atoms with Gasteiger partial charge in [-0.2, -0.15) is 0 Å². The number of allylic oxidation sites excluding steroid dienone is 2. The molecule has 7 rings (SSSR count). The first-order chi connectivity index (χ1) is 20.7. The van der Waals surface area contributed by atoms with Crippen LogP contribution in [0.5, 0.6) is 0 Å². The van der Waals surface area contributed by atoms with Crippen molar-refractivity contribution in [2.45, 2.75) is 116 Å². The fraction of sp³-hybridized carbons (Fsp3) is 0.711. The van der Waals surface area contributed by atoms with Crippen LogP contribution in [0.25, 0.3) is 0 Å². The summed E-state index contributed by atoms with van der Waals surface area (Å²) in [5.41, 5.74) is 6.19. The molecule has 2 heterocycles. The van der Waals surface area contributed by atoms with E-state index in [1.165, 1.54) is 24.8 Å². The van der Waals surface area contributed by atoms with Crippen LogP contribution in [0.15, 0.2) is 53.1 Å². The van der Waals surface area contributed by atoms with Gasteiger partial charge in [0.05, 0.1) is 17.8 Å². The average Bonchev–Trinajstić information content (AvgIpc) is 3.51. The zero-order valence-corrected chi connectivity index (χ0v) is 27.0. The number of aliphatic hydroxyl groups excluding tert-OH is 1. The first-order valence-electron chi connectivity index (χ1n) is 17.5. The van der Waals surface area contributed by atoms with Crippen molar-refractivity contribution in [3.63, 3.8) is 0 Å². The van der Waals surface area contributed by atoms with Gasteiger partial charge in [-0.15, -0.1) is 0 Å². The molecule has 1 spiro atoms. The predicted molar refractivity (Wildman–Crippen MR) is 171 cm³/mol. The molecule has 2 N–H and O–H groups in total. The number of aryl methyl sites for hydroxylation is 1. The van der Waals surface area contributed by atoms with Crippen LogP contribution in [-0.2, 0) is 16.0 Å². The van der Waals surface area contributed by atoms with Gasteiger partial charge in [-0.3, -0.25) is 9.69 Å². The summed E-state index contributed by atoms with van der Waals surface area (Å²) in [5, 5.41) is 13.6. The van der Waals surface area contributed by atoms with Crippen molar-refractivity contribution < 1.29 is 14.6 Å². The van der Waals surface area contributed by atoms with E-state index in [-0.39, 0.29) is 29.1 Å². The Morgan fingerprint density at radius 1 is 1.14 bits per heavy atom. The molecule has 2 saturated heterocycles. The first-order valence-corrected chi connectivity index (χ1v) is 17.5. The SMILES string of the molecule is CC1=C2C[C@H]3[C@@H](CC=C4C[C@@H](O)CC[C@@]43C)[C@@H]2CC[C@]12O[C@@H]1C[C@H](C)CN(CCNC(=O)CCc3ccccc3)[C@H]1[C@H]2C.